The molecule has 30 heavy (non-hydrogen) atoms. The molecule has 0 aromatic heterocycles. The van der Waals surface area contributed by atoms with Gasteiger partial charge in [-0.25, -0.2) is 0 Å². The third kappa shape index (κ3) is 4.48. The highest BCUT2D eigenvalue weighted by Crippen LogP contribution is 2.39. The van der Waals surface area contributed by atoms with Gasteiger partial charge in [-0.05, 0) is 23.5 Å². The number of ketones is 1. The molecule has 1 amide bonds. The number of benzene rings is 2. The van der Waals surface area contributed by atoms with Crippen LogP contribution in [0.25, 0.3) is 5.76 Å². The predicted octanol–water partition coefficient (Wildman–Crippen LogP) is 5.81. The number of aliphatic hydroxyl groups excluding tert-OH is 1. The number of nitrogens with zero attached hydrogens (tertiary/aromatic N) is 1. The van der Waals surface area contributed by atoms with Gasteiger partial charge < -0.3 is 10.0 Å². The number of hydrogen-bond donors (Lipinski definition) is 1. The highest BCUT2D eigenvalue weighted by atomic mass is 16.3. The lowest BCUT2D eigenvalue weighted by Gasteiger charge is -2.25. The summed E-state index contributed by atoms with van der Waals surface area (Å²) in [5.74, 6) is -0.849. The van der Waals surface area contributed by atoms with Crippen molar-refractivity contribution in [2.24, 2.45) is 0 Å². The molecule has 3 rings (SSSR count). The average molecular weight is 406 g/mol. The molecule has 1 aliphatic heterocycles. The van der Waals surface area contributed by atoms with Crippen LogP contribution in [0.15, 0.2) is 60.2 Å². The molecule has 158 valence electrons. The molecule has 0 unspecified atom stereocenters. The van der Waals surface area contributed by atoms with Gasteiger partial charge in [-0.1, -0.05) is 94.6 Å². The summed E-state index contributed by atoms with van der Waals surface area (Å²) in [5, 5.41) is 11.0. The maximum absolute atomic E-state index is 13.0. The Morgan fingerprint density at radius 1 is 0.967 bits per heavy atom. The first-order chi connectivity index (χ1) is 14.5. The Bertz CT molecular complexity index is 913. The van der Waals surface area contributed by atoms with Gasteiger partial charge in [0.2, 0.25) is 0 Å². The fraction of sp³-hybridized carbons (Fsp3) is 0.385. The first-order valence-electron chi connectivity index (χ1n) is 10.9. The topological polar surface area (TPSA) is 57.6 Å². The van der Waals surface area contributed by atoms with Crippen LogP contribution in [-0.4, -0.2) is 28.2 Å². The zero-order valence-electron chi connectivity index (χ0n) is 18.1. The van der Waals surface area contributed by atoms with E-state index in [1.165, 1.54) is 5.56 Å². The van der Waals surface area contributed by atoms with Crippen LogP contribution in [0, 0.1) is 0 Å². The Kier molecular flexibility index (Phi) is 7.09. The van der Waals surface area contributed by atoms with Gasteiger partial charge in [-0.3, -0.25) is 9.59 Å². The third-order valence-corrected chi connectivity index (χ3v) is 5.76. The Hall–Kier alpha value is -2.88. The molecule has 1 heterocycles. The Balaban J connectivity index is 2.05. The summed E-state index contributed by atoms with van der Waals surface area (Å²) in [5.41, 5.74) is 2.78. The minimum absolute atomic E-state index is 0.108. The van der Waals surface area contributed by atoms with E-state index in [-0.39, 0.29) is 11.3 Å². The molecule has 1 atom stereocenters. The third-order valence-electron chi connectivity index (χ3n) is 5.76. The normalized spacial score (nSPS) is 18.4. The molecular formula is C26H31NO3. The van der Waals surface area contributed by atoms with E-state index in [4.69, 9.17) is 0 Å². The molecule has 0 aliphatic carbocycles. The fourth-order valence-corrected chi connectivity index (χ4v) is 3.98. The molecule has 1 aliphatic rings. The quantitative estimate of drug-likeness (QED) is 0.261. The molecule has 0 saturated carbocycles. The molecule has 0 radical (unpaired) electrons. The van der Waals surface area contributed by atoms with Crippen molar-refractivity contribution in [2.75, 3.05) is 6.54 Å². The zero-order valence-corrected chi connectivity index (χ0v) is 18.1. The number of aliphatic hydroxyl groups is 1. The second-order valence-corrected chi connectivity index (χ2v) is 8.24. The van der Waals surface area contributed by atoms with Crippen molar-refractivity contribution in [1.29, 1.82) is 0 Å². The molecule has 1 saturated heterocycles. The van der Waals surface area contributed by atoms with Gasteiger partial charge in [0.1, 0.15) is 5.76 Å². The van der Waals surface area contributed by atoms with E-state index >= 15 is 0 Å². The Morgan fingerprint density at radius 3 is 2.23 bits per heavy atom. The van der Waals surface area contributed by atoms with Crippen molar-refractivity contribution in [3.8, 4) is 0 Å². The van der Waals surface area contributed by atoms with Crippen molar-refractivity contribution >= 4 is 17.4 Å². The number of carbonyl (C=O) groups excluding carboxylic acids is 2. The first kappa shape index (κ1) is 21.8. The highest BCUT2D eigenvalue weighted by Gasteiger charge is 2.45. The van der Waals surface area contributed by atoms with Crippen molar-refractivity contribution < 1.29 is 14.7 Å². The molecule has 4 nitrogen and oxygen atoms in total. The minimum Gasteiger partial charge on any atom is -0.507 e. The van der Waals surface area contributed by atoms with Crippen molar-refractivity contribution in [3.63, 3.8) is 0 Å². The van der Waals surface area contributed by atoms with Gasteiger partial charge in [-0.2, -0.15) is 0 Å². The van der Waals surface area contributed by atoms with Gasteiger partial charge in [-0.15, -0.1) is 0 Å². The number of unbranched alkanes of at least 4 members (excludes halogenated alkanes) is 3. The summed E-state index contributed by atoms with van der Waals surface area (Å²) in [6, 6.07) is 16.4. The molecule has 2 aromatic carbocycles. The van der Waals surface area contributed by atoms with Crippen LogP contribution < -0.4 is 0 Å². The summed E-state index contributed by atoms with van der Waals surface area (Å²) in [7, 11) is 0. The van der Waals surface area contributed by atoms with Gasteiger partial charge in [0, 0.05) is 12.1 Å². The van der Waals surface area contributed by atoms with Crippen molar-refractivity contribution in [3.05, 3.63) is 76.9 Å². The van der Waals surface area contributed by atoms with Crippen LogP contribution >= 0.6 is 0 Å². The van der Waals surface area contributed by atoms with E-state index in [0.717, 1.165) is 31.2 Å². The van der Waals surface area contributed by atoms with Gasteiger partial charge >= 0.3 is 0 Å². The SMILES string of the molecule is CCCCCCN1C(=O)C(=O)/C(=C(/O)c2ccccc2)[C@@H]1c1ccc(C(C)C)cc1. The van der Waals surface area contributed by atoms with E-state index < -0.39 is 17.7 Å². The van der Waals surface area contributed by atoms with Crippen LogP contribution in [0.5, 0.6) is 0 Å². The largest absolute Gasteiger partial charge is 0.507 e. The van der Waals surface area contributed by atoms with Crippen LogP contribution in [0.4, 0.5) is 0 Å². The van der Waals surface area contributed by atoms with Gasteiger partial charge in [0.25, 0.3) is 11.7 Å². The number of likely N-dealkylation sites (tertiary alicyclic amines) is 1. The molecular weight excluding hydrogens is 374 g/mol. The standard InChI is InChI=1S/C26H31NO3/c1-4-5-6-10-17-27-23(20-15-13-19(14-16-20)18(2)3)22(25(29)26(27)30)24(28)21-11-8-7-9-12-21/h7-9,11-16,18,23,28H,4-6,10,17H2,1-3H3/b24-22+/t23-/m0/s1. The maximum atomic E-state index is 13.0. The average Bonchev–Trinajstić information content (AvgIpc) is 3.01. The van der Waals surface area contributed by atoms with Crippen LogP contribution in [0.1, 0.15) is 75.1 Å². The molecule has 0 bridgehead atoms. The molecule has 1 N–H and O–H groups in total. The highest BCUT2D eigenvalue weighted by molar-refractivity contribution is 6.46. The second kappa shape index (κ2) is 9.75. The summed E-state index contributed by atoms with van der Waals surface area (Å²) in [6.45, 7) is 6.91. The van der Waals surface area contributed by atoms with E-state index in [9.17, 15) is 14.7 Å². The van der Waals surface area contributed by atoms with Gasteiger partial charge in [0.15, 0.2) is 0 Å². The smallest absolute Gasteiger partial charge is 0.295 e. The maximum Gasteiger partial charge on any atom is 0.295 e. The first-order valence-corrected chi connectivity index (χ1v) is 10.9. The fourth-order valence-electron chi connectivity index (χ4n) is 3.98. The summed E-state index contributed by atoms with van der Waals surface area (Å²) in [6.07, 6.45) is 4.05. The lowest BCUT2D eigenvalue weighted by atomic mass is 9.93. The number of rotatable bonds is 8. The number of carbonyl (C=O) groups is 2. The van der Waals surface area contributed by atoms with E-state index in [0.29, 0.717) is 18.0 Å². The monoisotopic (exact) mass is 405 g/mol. The number of Topliss-reactive ketones (excluding diaryl/α,β-unsaturated/α-hetero) is 1. The minimum atomic E-state index is -0.607. The Labute approximate surface area is 179 Å². The summed E-state index contributed by atoms with van der Waals surface area (Å²) >= 11 is 0. The molecule has 0 spiro atoms. The lowest BCUT2D eigenvalue weighted by molar-refractivity contribution is -0.139. The van der Waals surface area contributed by atoms with E-state index in [1.54, 1.807) is 17.0 Å². The Morgan fingerprint density at radius 2 is 1.63 bits per heavy atom. The number of hydrogen-bond acceptors (Lipinski definition) is 3. The van der Waals surface area contributed by atoms with Gasteiger partial charge in [0.05, 0.1) is 11.6 Å². The molecule has 2 aromatic rings. The predicted molar refractivity (Wildman–Crippen MR) is 120 cm³/mol. The lowest BCUT2D eigenvalue weighted by Crippen LogP contribution is -2.30. The zero-order chi connectivity index (χ0) is 21.7. The van der Waals surface area contributed by atoms with Crippen molar-refractivity contribution in [2.45, 2.75) is 58.4 Å². The molecule has 4 heteroatoms. The van der Waals surface area contributed by atoms with Crippen LogP contribution in [0.2, 0.25) is 0 Å². The van der Waals surface area contributed by atoms with Crippen LogP contribution in [0.3, 0.4) is 0 Å². The molecule has 1 fully saturated rings. The summed E-state index contributed by atoms with van der Waals surface area (Å²) < 4.78 is 0. The van der Waals surface area contributed by atoms with E-state index in [2.05, 4.69) is 20.8 Å². The number of amides is 1. The van der Waals surface area contributed by atoms with Crippen LogP contribution in [-0.2, 0) is 9.59 Å². The van der Waals surface area contributed by atoms with E-state index in [1.807, 2.05) is 42.5 Å². The van der Waals surface area contributed by atoms with Crippen molar-refractivity contribution in [1.82, 2.24) is 4.90 Å². The summed E-state index contributed by atoms with van der Waals surface area (Å²) in [4.78, 5) is 27.5. The second-order valence-electron chi connectivity index (χ2n) is 8.24.